The van der Waals surface area contributed by atoms with Crippen molar-refractivity contribution in [1.29, 1.82) is 0 Å². The molecule has 0 fully saturated rings. The first-order valence-corrected chi connectivity index (χ1v) is 5.08. The molecule has 0 aliphatic carbocycles. The van der Waals surface area contributed by atoms with E-state index < -0.39 is 6.04 Å². The zero-order chi connectivity index (χ0) is 11.4. The highest BCUT2D eigenvalue weighted by Gasteiger charge is 2.08. The molecule has 5 nitrogen and oxygen atoms in total. The molecule has 0 aliphatic heterocycles. The number of hydrogen-bond donors (Lipinski definition) is 2. The van der Waals surface area contributed by atoms with Crippen molar-refractivity contribution < 1.29 is 4.79 Å². The van der Waals surface area contributed by atoms with Gasteiger partial charge in [0.15, 0.2) is 0 Å². The van der Waals surface area contributed by atoms with E-state index in [0.717, 1.165) is 6.54 Å². The molecule has 0 spiro atoms. The first-order valence-electron chi connectivity index (χ1n) is 5.08. The van der Waals surface area contributed by atoms with Gasteiger partial charge in [0.1, 0.15) is 0 Å². The van der Waals surface area contributed by atoms with Gasteiger partial charge < -0.3 is 11.1 Å². The van der Waals surface area contributed by atoms with Crippen LogP contribution in [0.15, 0.2) is 12.4 Å². The maximum atomic E-state index is 11.3. The lowest BCUT2D eigenvalue weighted by molar-refractivity contribution is -0.117. The minimum absolute atomic E-state index is 0.195. The Bertz CT molecular complexity index is 330. The average molecular weight is 210 g/mol. The van der Waals surface area contributed by atoms with E-state index in [1.54, 1.807) is 19.3 Å². The molecular weight excluding hydrogens is 192 g/mol. The second-order valence-electron chi connectivity index (χ2n) is 4.12. The molecule has 1 atom stereocenters. The molecule has 0 unspecified atom stereocenters. The topological polar surface area (TPSA) is 72.9 Å². The monoisotopic (exact) mass is 210 g/mol. The molecule has 0 saturated carbocycles. The molecule has 1 heterocycles. The molecule has 1 aromatic rings. The number of hydrogen-bond acceptors (Lipinski definition) is 3. The van der Waals surface area contributed by atoms with E-state index >= 15 is 0 Å². The number of rotatable bonds is 4. The van der Waals surface area contributed by atoms with Gasteiger partial charge in [0.2, 0.25) is 5.91 Å². The van der Waals surface area contributed by atoms with Crippen LogP contribution in [0, 0.1) is 5.92 Å². The number of carbonyl (C=O) groups is 1. The Morgan fingerprint density at radius 3 is 2.80 bits per heavy atom. The first-order chi connectivity index (χ1) is 6.99. The third-order valence-electron chi connectivity index (χ3n) is 1.87. The smallest absolute Gasteiger partial charge is 0.241 e. The van der Waals surface area contributed by atoms with E-state index in [0.29, 0.717) is 11.6 Å². The quantitative estimate of drug-likeness (QED) is 0.773. The fourth-order valence-corrected chi connectivity index (χ4v) is 1.16. The zero-order valence-corrected chi connectivity index (χ0v) is 9.40. The Morgan fingerprint density at radius 2 is 2.27 bits per heavy atom. The Kier molecular flexibility index (Phi) is 3.85. The Balaban J connectivity index is 2.56. The summed E-state index contributed by atoms with van der Waals surface area (Å²) in [6.45, 7) is 6.71. The molecule has 0 bridgehead atoms. The fourth-order valence-electron chi connectivity index (χ4n) is 1.16. The molecule has 1 aromatic heterocycles. The van der Waals surface area contributed by atoms with Gasteiger partial charge in [-0.05, 0) is 12.8 Å². The Labute approximate surface area is 89.6 Å². The number of nitrogens with one attached hydrogen (secondary N) is 1. The number of aromatic nitrogens is 2. The molecule has 0 aliphatic rings. The van der Waals surface area contributed by atoms with E-state index in [1.165, 1.54) is 0 Å². The van der Waals surface area contributed by atoms with Gasteiger partial charge >= 0.3 is 0 Å². The standard InChI is InChI=1S/C10H18N4O/c1-7(2)5-14-6-9(4-12-14)13-10(15)8(3)11/h4,6-8H,5,11H2,1-3H3,(H,13,15)/t8-/m1/s1. The zero-order valence-electron chi connectivity index (χ0n) is 9.40. The van der Waals surface area contributed by atoms with Crippen molar-refractivity contribution in [3.63, 3.8) is 0 Å². The lowest BCUT2D eigenvalue weighted by Crippen LogP contribution is -2.32. The van der Waals surface area contributed by atoms with Crippen LogP contribution in [-0.4, -0.2) is 21.7 Å². The highest BCUT2D eigenvalue weighted by molar-refractivity contribution is 5.94. The van der Waals surface area contributed by atoms with Gasteiger partial charge in [0.25, 0.3) is 0 Å². The molecule has 0 saturated heterocycles. The summed E-state index contributed by atoms with van der Waals surface area (Å²) < 4.78 is 1.81. The molecule has 84 valence electrons. The maximum Gasteiger partial charge on any atom is 0.241 e. The van der Waals surface area contributed by atoms with Crippen molar-refractivity contribution in [2.45, 2.75) is 33.4 Å². The summed E-state index contributed by atoms with van der Waals surface area (Å²) in [5, 5.41) is 6.82. The van der Waals surface area contributed by atoms with Crippen molar-refractivity contribution in [2.75, 3.05) is 5.32 Å². The summed E-state index contributed by atoms with van der Waals surface area (Å²) in [5.74, 6) is 0.334. The van der Waals surface area contributed by atoms with E-state index in [-0.39, 0.29) is 5.91 Å². The van der Waals surface area contributed by atoms with Crippen LogP contribution in [0.4, 0.5) is 5.69 Å². The molecule has 1 amide bonds. The lowest BCUT2D eigenvalue weighted by Gasteiger charge is -2.05. The van der Waals surface area contributed by atoms with Gasteiger partial charge in [-0.25, -0.2) is 0 Å². The van der Waals surface area contributed by atoms with Crippen LogP contribution >= 0.6 is 0 Å². The van der Waals surface area contributed by atoms with Crippen LogP contribution in [0.25, 0.3) is 0 Å². The summed E-state index contributed by atoms with van der Waals surface area (Å²) in [5.41, 5.74) is 6.12. The normalized spacial score (nSPS) is 12.9. The third-order valence-corrected chi connectivity index (χ3v) is 1.87. The van der Waals surface area contributed by atoms with Gasteiger partial charge in [0, 0.05) is 12.7 Å². The third kappa shape index (κ3) is 3.71. The number of amides is 1. The van der Waals surface area contributed by atoms with Crippen molar-refractivity contribution in [3.8, 4) is 0 Å². The van der Waals surface area contributed by atoms with Gasteiger partial charge in [-0.3, -0.25) is 9.48 Å². The van der Waals surface area contributed by atoms with Crippen molar-refractivity contribution in [3.05, 3.63) is 12.4 Å². The molecule has 0 radical (unpaired) electrons. The number of nitrogens with two attached hydrogens (primary N) is 1. The van der Waals surface area contributed by atoms with E-state index in [4.69, 9.17) is 5.73 Å². The highest BCUT2D eigenvalue weighted by atomic mass is 16.2. The fraction of sp³-hybridized carbons (Fsp3) is 0.600. The van der Waals surface area contributed by atoms with E-state index in [9.17, 15) is 4.79 Å². The van der Waals surface area contributed by atoms with Crippen LogP contribution in [0.3, 0.4) is 0 Å². The molecule has 0 aromatic carbocycles. The predicted octanol–water partition coefficient (Wildman–Crippen LogP) is 0.825. The van der Waals surface area contributed by atoms with Crippen LogP contribution in [-0.2, 0) is 11.3 Å². The average Bonchev–Trinajstić information content (AvgIpc) is 2.51. The van der Waals surface area contributed by atoms with Crippen LogP contribution in [0.5, 0.6) is 0 Å². The first kappa shape index (κ1) is 11.7. The molecule has 5 heteroatoms. The minimum Gasteiger partial charge on any atom is -0.322 e. The molecular formula is C10H18N4O. The Morgan fingerprint density at radius 1 is 1.60 bits per heavy atom. The maximum absolute atomic E-state index is 11.3. The van der Waals surface area contributed by atoms with Gasteiger partial charge in [-0.2, -0.15) is 5.10 Å². The van der Waals surface area contributed by atoms with Gasteiger partial charge in [0.05, 0.1) is 17.9 Å². The summed E-state index contributed by atoms with van der Waals surface area (Å²) in [4.78, 5) is 11.3. The molecule has 1 rings (SSSR count). The summed E-state index contributed by atoms with van der Waals surface area (Å²) in [6.07, 6.45) is 3.43. The van der Waals surface area contributed by atoms with E-state index in [1.807, 2.05) is 4.68 Å². The van der Waals surface area contributed by atoms with Crippen molar-refractivity contribution in [2.24, 2.45) is 11.7 Å². The Hall–Kier alpha value is -1.36. The van der Waals surface area contributed by atoms with Crippen molar-refractivity contribution in [1.82, 2.24) is 9.78 Å². The van der Waals surface area contributed by atoms with Crippen LogP contribution in [0.2, 0.25) is 0 Å². The highest BCUT2D eigenvalue weighted by Crippen LogP contribution is 2.07. The summed E-state index contributed by atoms with van der Waals surface area (Å²) in [7, 11) is 0. The summed E-state index contributed by atoms with van der Waals surface area (Å²) in [6, 6.07) is -0.501. The van der Waals surface area contributed by atoms with Crippen molar-refractivity contribution >= 4 is 11.6 Å². The SMILES string of the molecule is CC(C)Cn1cc(NC(=O)[C@@H](C)N)cn1. The predicted molar refractivity (Wildman–Crippen MR) is 59.3 cm³/mol. The molecule has 15 heavy (non-hydrogen) atoms. The van der Waals surface area contributed by atoms with Crippen LogP contribution < -0.4 is 11.1 Å². The number of anilines is 1. The van der Waals surface area contributed by atoms with Gasteiger partial charge in [-0.1, -0.05) is 13.8 Å². The minimum atomic E-state index is -0.501. The number of nitrogens with zero attached hydrogens (tertiary/aromatic N) is 2. The number of carbonyl (C=O) groups excluding carboxylic acids is 1. The summed E-state index contributed by atoms with van der Waals surface area (Å²) >= 11 is 0. The largest absolute Gasteiger partial charge is 0.322 e. The van der Waals surface area contributed by atoms with E-state index in [2.05, 4.69) is 24.3 Å². The second-order valence-corrected chi connectivity index (χ2v) is 4.12. The molecule has 3 N–H and O–H groups in total. The second kappa shape index (κ2) is 4.93. The van der Waals surface area contributed by atoms with Gasteiger partial charge in [-0.15, -0.1) is 0 Å². The lowest BCUT2D eigenvalue weighted by atomic mass is 10.2. The van der Waals surface area contributed by atoms with Crippen LogP contribution in [0.1, 0.15) is 20.8 Å².